The van der Waals surface area contributed by atoms with Crippen LogP contribution in [0.5, 0.6) is 0 Å². The van der Waals surface area contributed by atoms with Crippen LogP contribution in [0.3, 0.4) is 0 Å². The molecular formula is BiCrFeO4+3. The van der Waals surface area contributed by atoms with Gasteiger partial charge in [-0.2, -0.15) is 0 Å². The Bertz CT molecular complexity index is 94.9. The summed E-state index contributed by atoms with van der Waals surface area (Å²) in [5.74, 6) is 0. The molecule has 0 fully saturated rings. The Morgan fingerprint density at radius 2 is 1.14 bits per heavy atom. The Morgan fingerprint density at radius 3 is 1.14 bits per heavy atom. The molecule has 0 saturated carbocycles. The van der Waals surface area contributed by atoms with E-state index in [0.29, 0.717) is 0 Å². The fourth-order valence-electron chi connectivity index (χ4n) is 0. The van der Waals surface area contributed by atoms with Crippen molar-refractivity contribution in [3.05, 3.63) is 0 Å². The van der Waals surface area contributed by atoms with E-state index in [2.05, 4.69) is 0 Å². The SMILES string of the molecule is [Bi+3].[Fe+2].[O]=[Cr](=[O])([O-])[O-]. The van der Waals surface area contributed by atoms with Gasteiger partial charge in [0.25, 0.3) is 0 Å². The molecule has 0 bridgehead atoms. The number of hydrogen-bond acceptors (Lipinski definition) is 4. The van der Waals surface area contributed by atoms with Crippen LogP contribution in [-0.4, -0.2) is 26.2 Å². The van der Waals surface area contributed by atoms with Gasteiger partial charge < -0.3 is 0 Å². The zero-order valence-corrected chi connectivity index (χ0v) is 8.70. The van der Waals surface area contributed by atoms with E-state index >= 15 is 0 Å². The molecule has 0 spiro atoms. The van der Waals surface area contributed by atoms with E-state index in [4.69, 9.17) is 15.9 Å². The standard InChI is InChI=1S/Bi.Cr.Fe.4O/q+3;;+2;;;2*-1. The zero-order valence-electron chi connectivity index (χ0n) is 2.84. The Hall–Kier alpha value is 1.46. The molecular weight excluding hydrogens is 381 g/mol. The first-order valence-electron chi connectivity index (χ1n) is 0.667. The predicted octanol–water partition coefficient (Wildman–Crippen LogP) is -3.00. The van der Waals surface area contributed by atoms with Crippen LogP contribution in [0.15, 0.2) is 0 Å². The molecule has 0 aliphatic heterocycles. The van der Waals surface area contributed by atoms with Gasteiger partial charge in [0.15, 0.2) is 0 Å². The van der Waals surface area contributed by atoms with Crippen LogP contribution in [0.2, 0.25) is 0 Å². The quantitative estimate of drug-likeness (QED) is 0.419. The van der Waals surface area contributed by atoms with Gasteiger partial charge in [0, 0.05) is 0 Å². The Balaban J connectivity index is -0.0000000800. The van der Waals surface area contributed by atoms with Gasteiger partial charge in [-0.05, 0) is 0 Å². The van der Waals surface area contributed by atoms with E-state index in [1.807, 2.05) is 0 Å². The first-order chi connectivity index (χ1) is 2.00. The first kappa shape index (κ1) is 15.8. The summed E-state index contributed by atoms with van der Waals surface area (Å²) in [6.07, 6.45) is 0. The topological polar surface area (TPSA) is 80.3 Å². The maximum absolute atomic E-state index is 8.59. The summed E-state index contributed by atoms with van der Waals surface area (Å²) in [7, 11) is 0. The molecule has 2 radical (unpaired) electrons. The molecule has 0 aliphatic carbocycles. The second-order valence-corrected chi connectivity index (χ2v) is 1.68. The van der Waals surface area contributed by atoms with Gasteiger partial charge in [-0.1, -0.05) is 0 Å². The number of hydrogen-bond donors (Lipinski definition) is 0. The van der Waals surface area contributed by atoms with Crippen LogP contribution >= 0.6 is 0 Å². The van der Waals surface area contributed by atoms with Crippen LogP contribution in [-0.2, 0) is 38.3 Å². The van der Waals surface area contributed by atoms with Gasteiger partial charge in [-0.15, -0.1) is 0 Å². The van der Waals surface area contributed by atoms with Crippen LogP contribution in [0.1, 0.15) is 0 Å². The summed E-state index contributed by atoms with van der Waals surface area (Å²) < 4.78 is 34.4. The van der Waals surface area contributed by atoms with Crippen LogP contribution in [0.25, 0.3) is 0 Å². The van der Waals surface area contributed by atoms with Crippen molar-refractivity contribution in [3.8, 4) is 0 Å². The second kappa shape index (κ2) is 5.59. The van der Waals surface area contributed by atoms with E-state index in [9.17, 15) is 0 Å². The third kappa shape index (κ3) is 105. The fourth-order valence-corrected chi connectivity index (χ4v) is 0. The molecule has 0 aliphatic rings. The van der Waals surface area contributed by atoms with E-state index in [1.165, 1.54) is 0 Å². The molecule has 0 aromatic carbocycles. The van der Waals surface area contributed by atoms with Crippen molar-refractivity contribution in [1.29, 1.82) is 0 Å². The van der Waals surface area contributed by atoms with Crippen molar-refractivity contribution in [2.75, 3.05) is 0 Å². The van der Waals surface area contributed by atoms with E-state index in [1.54, 1.807) is 0 Å². The Labute approximate surface area is 72.3 Å². The second-order valence-electron chi connectivity index (χ2n) is 0.408. The first-order valence-corrected chi connectivity index (χ1v) is 2.75. The van der Waals surface area contributed by atoms with E-state index in [0.717, 1.165) is 0 Å². The molecule has 0 rings (SSSR count). The molecule has 0 atom stereocenters. The van der Waals surface area contributed by atoms with Crippen LogP contribution in [0, 0.1) is 0 Å². The average Bonchev–Trinajstić information content (AvgIpc) is 0.722. The molecule has 0 saturated heterocycles. The van der Waals surface area contributed by atoms with Crippen molar-refractivity contribution in [1.82, 2.24) is 0 Å². The van der Waals surface area contributed by atoms with Crippen molar-refractivity contribution in [2.24, 2.45) is 0 Å². The summed E-state index contributed by atoms with van der Waals surface area (Å²) in [5, 5.41) is 0. The molecule has 0 N–H and O–H groups in total. The Morgan fingerprint density at radius 1 is 1.14 bits per heavy atom. The van der Waals surface area contributed by atoms with Crippen molar-refractivity contribution in [3.63, 3.8) is 0 Å². The molecule has 0 amide bonds. The molecule has 7 heteroatoms. The van der Waals surface area contributed by atoms with Gasteiger partial charge in [0.2, 0.25) is 0 Å². The molecule has 0 heterocycles. The Kier molecular flexibility index (Phi) is 12.6. The van der Waals surface area contributed by atoms with Crippen LogP contribution < -0.4 is 8.32 Å². The molecule has 40 valence electrons. The number of rotatable bonds is 0. The molecule has 4 nitrogen and oxygen atoms in total. The summed E-state index contributed by atoms with van der Waals surface area (Å²) in [5.41, 5.74) is 0. The average molecular weight is 381 g/mol. The van der Waals surface area contributed by atoms with E-state index in [-0.39, 0.29) is 43.3 Å². The monoisotopic (exact) mass is 381 g/mol. The van der Waals surface area contributed by atoms with Gasteiger partial charge in [0.1, 0.15) is 0 Å². The minimum atomic E-state index is -5.75. The summed E-state index contributed by atoms with van der Waals surface area (Å²) in [4.78, 5) is 0. The van der Waals surface area contributed by atoms with Crippen LogP contribution in [0.4, 0.5) is 0 Å². The van der Waals surface area contributed by atoms with Gasteiger partial charge in [-0.3, -0.25) is 0 Å². The fraction of sp³-hybridized carbons (Fsp3) is 0. The molecule has 0 unspecified atom stereocenters. The predicted molar refractivity (Wildman–Crippen MR) is 7.13 cm³/mol. The van der Waals surface area contributed by atoms with E-state index < -0.39 is 13.6 Å². The minimum absolute atomic E-state index is 0. The zero-order chi connectivity index (χ0) is 4.50. The maximum atomic E-state index is 8.59. The van der Waals surface area contributed by atoms with Crippen molar-refractivity contribution in [2.45, 2.75) is 0 Å². The normalized spacial score (nSPS) is 8.29. The van der Waals surface area contributed by atoms with Crippen molar-refractivity contribution < 1.29 is 46.6 Å². The third-order valence-electron chi connectivity index (χ3n) is 0. The summed E-state index contributed by atoms with van der Waals surface area (Å²) >= 11 is -5.75. The van der Waals surface area contributed by atoms with Gasteiger partial charge >= 0.3 is 72.8 Å². The van der Waals surface area contributed by atoms with Gasteiger partial charge in [0.05, 0.1) is 0 Å². The molecule has 0 aromatic rings. The summed E-state index contributed by atoms with van der Waals surface area (Å²) in [6.45, 7) is 0. The third-order valence-corrected chi connectivity index (χ3v) is 0. The molecule has 7 heavy (non-hydrogen) atoms. The van der Waals surface area contributed by atoms with Gasteiger partial charge in [-0.25, -0.2) is 0 Å². The molecule has 0 aromatic heterocycles. The summed E-state index contributed by atoms with van der Waals surface area (Å²) in [6, 6.07) is 0. The van der Waals surface area contributed by atoms with Crippen molar-refractivity contribution >= 4 is 26.2 Å².